The third-order valence-electron chi connectivity index (χ3n) is 4.18. The molecule has 6 heteroatoms. The van der Waals surface area contributed by atoms with Crippen molar-refractivity contribution in [3.8, 4) is 6.07 Å². The largest absolute Gasteiger partial charge is 0.382 e. The van der Waals surface area contributed by atoms with Gasteiger partial charge in [-0.1, -0.05) is 30.3 Å². The minimum Gasteiger partial charge on any atom is -0.382 e. The maximum atomic E-state index is 9.30. The van der Waals surface area contributed by atoms with Gasteiger partial charge in [-0.15, -0.1) is 10.2 Å². The second kappa shape index (κ2) is 6.57. The number of anilines is 1. The van der Waals surface area contributed by atoms with Crippen LogP contribution in [0.5, 0.6) is 0 Å². The highest BCUT2D eigenvalue weighted by atomic mass is 15.1. The molecule has 25 heavy (non-hydrogen) atoms. The van der Waals surface area contributed by atoms with Crippen molar-refractivity contribution in [2.75, 3.05) is 11.9 Å². The third-order valence-corrected chi connectivity index (χ3v) is 4.18. The number of aryl methyl sites for hydroxylation is 1. The quantitative estimate of drug-likeness (QED) is 0.568. The summed E-state index contributed by atoms with van der Waals surface area (Å²) in [6, 6.07) is 17.9. The molecule has 6 nitrogen and oxygen atoms in total. The zero-order chi connectivity index (χ0) is 17.1. The van der Waals surface area contributed by atoms with Gasteiger partial charge in [0.1, 0.15) is 6.07 Å². The van der Waals surface area contributed by atoms with Crippen LogP contribution in [-0.4, -0.2) is 26.3 Å². The van der Waals surface area contributed by atoms with Gasteiger partial charge in [-0.2, -0.15) is 5.26 Å². The lowest BCUT2D eigenvalue weighted by atomic mass is 10.1. The van der Waals surface area contributed by atoms with Crippen LogP contribution in [0.2, 0.25) is 0 Å². The van der Waals surface area contributed by atoms with Gasteiger partial charge >= 0.3 is 0 Å². The lowest BCUT2D eigenvalue weighted by molar-refractivity contribution is 0.677. The average Bonchev–Trinajstić information content (AvgIpc) is 3.08. The lowest BCUT2D eigenvalue weighted by Crippen LogP contribution is -2.09. The van der Waals surface area contributed by atoms with Crippen LogP contribution in [0.1, 0.15) is 12.1 Å². The molecule has 0 saturated carbocycles. The van der Waals surface area contributed by atoms with Crippen molar-refractivity contribution in [2.24, 2.45) is 0 Å². The molecular formula is C19H16N6. The molecule has 0 aliphatic heterocycles. The van der Waals surface area contributed by atoms with Crippen LogP contribution in [0, 0.1) is 11.3 Å². The molecule has 4 rings (SSSR count). The molecule has 0 unspecified atom stereocenters. The Balaban J connectivity index is 1.49. The van der Waals surface area contributed by atoms with Crippen molar-refractivity contribution in [1.29, 1.82) is 5.26 Å². The fraction of sp³-hybridized carbons (Fsp3) is 0.158. The van der Waals surface area contributed by atoms with Crippen LogP contribution in [-0.2, 0) is 6.54 Å². The molecule has 0 aliphatic rings. The molecule has 0 saturated heterocycles. The summed E-state index contributed by atoms with van der Waals surface area (Å²) in [5.74, 6) is 0. The number of nitrogens with zero attached hydrogens (tertiary/aromatic N) is 5. The van der Waals surface area contributed by atoms with Crippen molar-refractivity contribution < 1.29 is 0 Å². The number of fused-ring (bicyclic) bond motifs is 2. The van der Waals surface area contributed by atoms with Crippen LogP contribution in [0.15, 0.2) is 54.9 Å². The minimum absolute atomic E-state index is 0.326. The van der Waals surface area contributed by atoms with E-state index in [-0.39, 0.29) is 0 Å². The molecule has 0 bridgehead atoms. The molecule has 0 amide bonds. The molecule has 4 aromatic rings. The summed E-state index contributed by atoms with van der Waals surface area (Å²) < 4.78 is 2.14. The predicted octanol–water partition coefficient (Wildman–Crippen LogP) is 3.35. The van der Waals surface area contributed by atoms with Gasteiger partial charge in [0, 0.05) is 18.5 Å². The fourth-order valence-electron chi connectivity index (χ4n) is 2.96. The van der Waals surface area contributed by atoms with E-state index in [0.29, 0.717) is 5.69 Å². The lowest BCUT2D eigenvalue weighted by Gasteiger charge is -2.10. The maximum absolute atomic E-state index is 9.30. The SMILES string of the molecule is N#Cc1nnc2ccccc2c1NCCCn1cnc2ccccc21. The number of benzene rings is 2. The Bertz CT molecular complexity index is 1080. The number of aromatic nitrogens is 4. The summed E-state index contributed by atoms with van der Waals surface area (Å²) in [6.45, 7) is 1.59. The first kappa shape index (κ1) is 15.1. The zero-order valence-corrected chi connectivity index (χ0v) is 13.6. The van der Waals surface area contributed by atoms with Gasteiger partial charge in [0.2, 0.25) is 0 Å². The first-order chi connectivity index (χ1) is 12.4. The summed E-state index contributed by atoms with van der Waals surface area (Å²) in [5.41, 5.74) is 4.00. The number of rotatable bonds is 5. The van der Waals surface area contributed by atoms with Crippen molar-refractivity contribution in [2.45, 2.75) is 13.0 Å². The van der Waals surface area contributed by atoms with Gasteiger partial charge in [-0.3, -0.25) is 0 Å². The molecule has 2 heterocycles. The van der Waals surface area contributed by atoms with Crippen molar-refractivity contribution in [3.63, 3.8) is 0 Å². The Morgan fingerprint density at radius 3 is 2.68 bits per heavy atom. The fourth-order valence-corrected chi connectivity index (χ4v) is 2.96. The summed E-state index contributed by atoms with van der Waals surface area (Å²) in [4.78, 5) is 4.41. The number of nitrogens with one attached hydrogen (secondary N) is 1. The summed E-state index contributed by atoms with van der Waals surface area (Å²) in [6.07, 6.45) is 2.77. The Morgan fingerprint density at radius 2 is 1.80 bits per heavy atom. The van der Waals surface area contributed by atoms with Crippen molar-refractivity contribution in [3.05, 3.63) is 60.6 Å². The zero-order valence-electron chi connectivity index (χ0n) is 13.6. The standard InChI is InChI=1S/C19H16N6/c20-12-17-19(14-6-1-2-7-15(14)23-24-17)21-10-5-11-25-13-22-16-8-3-4-9-18(16)25/h1-4,6-9,13H,5,10-11H2,(H,21,23). The molecule has 1 N–H and O–H groups in total. The average molecular weight is 328 g/mol. The Labute approximate surface area is 144 Å². The second-order valence-electron chi connectivity index (χ2n) is 5.76. The highest BCUT2D eigenvalue weighted by Gasteiger charge is 2.09. The third kappa shape index (κ3) is 2.88. The van der Waals surface area contributed by atoms with Crippen LogP contribution >= 0.6 is 0 Å². The molecule has 2 aromatic heterocycles. The van der Waals surface area contributed by atoms with Gasteiger partial charge in [0.25, 0.3) is 0 Å². The van der Waals surface area contributed by atoms with E-state index in [2.05, 4.69) is 37.2 Å². The topological polar surface area (TPSA) is 79.4 Å². The van der Waals surface area contributed by atoms with Crippen molar-refractivity contribution in [1.82, 2.24) is 19.7 Å². The van der Waals surface area contributed by atoms with Gasteiger partial charge in [-0.05, 0) is 24.6 Å². The summed E-state index contributed by atoms with van der Waals surface area (Å²) >= 11 is 0. The van der Waals surface area contributed by atoms with Crippen LogP contribution in [0.4, 0.5) is 5.69 Å². The minimum atomic E-state index is 0.326. The number of hydrogen-bond donors (Lipinski definition) is 1. The van der Waals surface area contributed by atoms with E-state index in [4.69, 9.17) is 0 Å². The second-order valence-corrected chi connectivity index (χ2v) is 5.76. The molecular weight excluding hydrogens is 312 g/mol. The van der Waals surface area contributed by atoms with Gasteiger partial charge in [0.15, 0.2) is 5.69 Å². The molecule has 0 fully saturated rings. The highest BCUT2D eigenvalue weighted by molar-refractivity contribution is 5.92. The molecule has 0 aliphatic carbocycles. The van der Waals surface area contributed by atoms with Gasteiger partial charge in [0.05, 0.1) is 28.6 Å². The molecule has 0 spiro atoms. The number of para-hydroxylation sites is 2. The van der Waals surface area contributed by atoms with E-state index >= 15 is 0 Å². The highest BCUT2D eigenvalue weighted by Crippen LogP contribution is 2.23. The maximum Gasteiger partial charge on any atom is 0.186 e. The van der Waals surface area contributed by atoms with Gasteiger partial charge < -0.3 is 9.88 Å². The molecule has 122 valence electrons. The Morgan fingerprint density at radius 1 is 1.00 bits per heavy atom. The first-order valence-corrected chi connectivity index (χ1v) is 8.16. The van der Waals surface area contributed by atoms with E-state index in [1.807, 2.05) is 48.8 Å². The van der Waals surface area contributed by atoms with Crippen LogP contribution in [0.25, 0.3) is 21.9 Å². The molecule has 0 radical (unpaired) electrons. The van der Waals surface area contributed by atoms with E-state index in [0.717, 1.165) is 47.1 Å². The van der Waals surface area contributed by atoms with Gasteiger partial charge in [-0.25, -0.2) is 4.98 Å². The molecule has 0 atom stereocenters. The summed E-state index contributed by atoms with van der Waals surface area (Å²) in [5, 5.41) is 21.7. The monoisotopic (exact) mass is 328 g/mol. The Hall–Kier alpha value is -3.46. The normalized spacial score (nSPS) is 10.8. The predicted molar refractivity (Wildman–Crippen MR) is 97.1 cm³/mol. The van der Waals surface area contributed by atoms with E-state index in [1.54, 1.807) is 0 Å². The van der Waals surface area contributed by atoms with Crippen molar-refractivity contribution >= 4 is 27.6 Å². The summed E-state index contributed by atoms with van der Waals surface area (Å²) in [7, 11) is 0. The smallest absolute Gasteiger partial charge is 0.186 e. The van der Waals surface area contributed by atoms with E-state index in [1.165, 1.54) is 0 Å². The number of imidazole rings is 1. The number of nitriles is 1. The van der Waals surface area contributed by atoms with E-state index < -0.39 is 0 Å². The number of hydrogen-bond acceptors (Lipinski definition) is 5. The van der Waals surface area contributed by atoms with E-state index in [9.17, 15) is 5.26 Å². The van der Waals surface area contributed by atoms with Crippen LogP contribution < -0.4 is 5.32 Å². The molecule has 2 aromatic carbocycles. The first-order valence-electron chi connectivity index (χ1n) is 8.16. The van der Waals surface area contributed by atoms with Crippen LogP contribution in [0.3, 0.4) is 0 Å². The Kier molecular flexibility index (Phi) is 3.97.